The summed E-state index contributed by atoms with van der Waals surface area (Å²) < 4.78 is 0. The molecule has 0 radical (unpaired) electrons. The van der Waals surface area contributed by atoms with Gasteiger partial charge in [-0.1, -0.05) is 31.5 Å². The Morgan fingerprint density at radius 3 is 2.81 bits per heavy atom. The van der Waals surface area contributed by atoms with Crippen LogP contribution in [0.1, 0.15) is 37.8 Å². The fourth-order valence-electron chi connectivity index (χ4n) is 2.18. The van der Waals surface area contributed by atoms with E-state index in [-0.39, 0.29) is 0 Å². The van der Waals surface area contributed by atoms with E-state index < -0.39 is 0 Å². The maximum Gasteiger partial charge on any atom is 0.124 e. The predicted octanol–water partition coefficient (Wildman–Crippen LogP) is 2.46. The molecule has 0 unspecified atom stereocenters. The van der Waals surface area contributed by atoms with Crippen molar-refractivity contribution in [1.29, 1.82) is 0 Å². The second-order valence-electron chi connectivity index (χ2n) is 4.24. The van der Waals surface area contributed by atoms with Crippen LogP contribution in [-0.4, -0.2) is 16.0 Å². The van der Waals surface area contributed by atoms with E-state index in [9.17, 15) is 0 Å². The van der Waals surface area contributed by atoms with Crippen LogP contribution in [0.4, 0.5) is 5.69 Å². The first-order valence-electron chi connectivity index (χ1n) is 5.79. The lowest BCUT2D eigenvalue weighted by molar-refractivity contribution is 0.462. The van der Waals surface area contributed by atoms with Gasteiger partial charge in [0.15, 0.2) is 0 Å². The van der Waals surface area contributed by atoms with E-state index in [0.29, 0.717) is 16.7 Å². The van der Waals surface area contributed by atoms with Crippen LogP contribution in [0.25, 0.3) is 0 Å². The number of hydrogen-bond donors (Lipinski definition) is 2. The molecule has 2 rings (SSSR count). The van der Waals surface area contributed by atoms with Gasteiger partial charge < -0.3 is 11.1 Å². The summed E-state index contributed by atoms with van der Waals surface area (Å²) in [6.07, 6.45) is 8.14. The zero-order valence-corrected chi connectivity index (χ0v) is 10.1. The zero-order chi connectivity index (χ0) is 11.4. The van der Waals surface area contributed by atoms with Crippen LogP contribution < -0.4 is 11.1 Å². The molecule has 0 spiro atoms. The summed E-state index contributed by atoms with van der Waals surface area (Å²) in [5.41, 5.74) is 7.33. The number of thiocarbonyl (C=S) groups is 1. The third-order valence-corrected chi connectivity index (χ3v) is 3.20. The number of pyridine rings is 1. The Morgan fingerprint density at radius 1 is 1.38 bits per heavy atom. The average molecular weight is 235 g/mol. The summed E-state index contributed by atoms with van der Waals surface area (Å²) in [5, 5.41) is 3.50. The molecule has 0 saturated heterocycles. The second-order valence-corrected chi connectivity index (χ2v) is 4.68. The normalized spacial score (nSPS) is 17.0. The van der Waals surface area contributed by atoms with Gasteiger partial charge >= 0.3 is 0 Å². The summed E-state index contributed by atoms with van der Waals surface area (Å²) in [6, 6.07) is 4.45. The third-order valence-electron chi connectivity index (χ3n) is 3.01. The minimum atomic E-state index is 0.360. The first-order chi connectivity index (χ1) is 7.77. The van der Waals surface area contributed by atoms with Gasteiger partial charge in [0.2, 0.25) is 0 Å². The summed E-state index contributed by atoms with van der Waals surface area (Å²) in [4.78, 5) is 4.58. The molecule has 3 N–H and O–H groups in total. The Labute approximate surface area is 101 Å². The number of hydrogen-bond acceptors (Lipinski definition) is 3. The van der Waals surface area contributed by atoms with Gasteiger partial charge in [-0.3, -0.25) is 4.98 Å². The van der Waals surface area contributed by atoms with E-state index in [0.717, 1.165) is 5.69 Å². The summed E-state index contributed by atoms with van der Waals surface area (Å²) in [6.45, 7) is 0. The second kappa shape index (κ2) is 5.25. The molecule has 1 saturated carbocycles. The summed E-state index contributed by atoms with van der Waals surface area (Å²) >= 11 is 4.99. The molecular formula is C12H17N3S. The monoisotopic (exact) mass is 235 g/mol. The van der Waals surface area contributed by atoms with Crippen molar-refractivity contribution in [3.63, 3.8) is 0 Å². The van der Waals surface area contributed by atoms with E-state index in [2.05, 4.69) is 10.3 Å². The van der Waals surface area contributed by atoms with Crippen LogP contribution >= 0.6 is 12.2 Å². The number of anilines is 1. The lowest BCUT2D eigenvalue weighted by atomic mass is 9.95. The lowest BCUT2D eigenvalue weighted by Crippen LogP contribution is -2.24. The van der Waals surface area contributed by atoms with Crippen LogP contribution in [0.3, 0.4) is 0 Å². The largest absolute Gasteiger partial charge is 0.388 e. The predicted molar refractivity (Wildman–Crippen MR) is 70.6 cm³/mol. The number of aromatic nitrogens is 1. The molecule has 16 heavy (non-hydrogen) atoms. The molecule has 1 aliphatic carbocycles. The molecule has 1 heterocycles. The molecule has 1 aliphatic rings. The molecule has 86 valence electrons. The van der Waals surface area contributed by atoms with Gasteiger partial charge in [0.25, 0.3) is 0 Å². The maximum atomic E-state index is 5.65. The Bertz CT molecular complexity index is 372. The smallest absolute Gasteiger partial charge is 0.124 e. The van der Waals surface area contributed by atoms with Crippen molar-refractivity contribution in [2.75, 3.05) is 5.32 Å². The highest BCUT2D eigenvalue weighted by Crippen LogP contribution is 2.22. The minimum absolute atomic E-state index is 0.360. The van der Waals surface area contributed by atoms with E-state index >= 15 is 0 Å². The van der Waals surface area contributed by atoms with Crippen LogP contribution in [-0.2, 0) is 0 Å². The number of nitrogens with zero attached hydrogens (tertiary/aromatic N) is 1. The van der Waals surface area contributed by atoms with Crippen LogP contribution in [0, 0.1) is 0 Å². The molecule has 1 aromatic heterocycles. The molecule has 0 atom stereocenters. The number of rotatable bonds is 3. The highest BCUT2D eigenvalue weighted by molar-refractivity contribution is 7.80. The SMILES string of the molecule is NC(=S)c1ncccc1NC1CCCCC1. The Balaban J connectivity index is 2.10. The van der Waals surface area contributed by atoms with E-state index in [1.165, 1.54) is 32.1 Å². The van der Waals surface area contributed by atoms with Gasteiger partial charge in [0.05, 0.1) is 5.69 Å². The van der Waals surface area contributed by atoms with Crippen LogP contribution in [0.2, 0.25) is 0 Å². The average Bonchev–Trinajstić information content (AvgIpc) is 2.31. The van der Waals surface area contributed by atoms with Crippen LogP contribution in [0.5, 0.6) is 0 Å². The fraction of sp³-hybridized carbons (Fsp3) is 0.500. The molecule has 1 aromatic rings. The molecule has 4 heteroatoms. The third kappa shape index (κ3) is 2.70. The van der Waals surface area contributed by atoms with Gasteiger partial charge in [-0.05, 0) is 25.0 Å². The Hall–Kier alpha value is -1.16. The zero-order valence-electron chi connectivity index (χ0n) is 9.28. The van der Waals surface area contributed by atoms with Gasteiger partial charge in [-0.2, -0.15) is 0 Å². The molecule has 0 bridgehead atoms. The van der Waals surface area contributed by atoms with Crippen molar-refractivity contribution in [2.45, 2.75) is 38.1 Å². The van der Waals surface area contributed by atoms with Gasteiger partial charge in [-0.25, -0.2) is 0 Å². The first-order valence-corrected chi connectivity index (χ1v) is 6.19. The highest BCUT2D eigenvalue weighted by atomic mass is 32.1. The molecular weight excluding hydrogens is 218 g/mol. The Kier molecular flexibility index (Phi) is 3.72. The van der Waals surface area contributed by atoms with Gasteiger partial charge in [0, 0.05) is 12.2 Å². The van der Waals surface area contributed by atoms with E-state index in [1.54, 1.807) is 6.20 Å². The summed E-state index contributed by atoms with van der Waals surface area (Å²) in [5.74, 6) is 0. The molecule has 3 nitrogen and oxygen atoms in total. The molecule has 0 amide bonds. The standard InChI is InChI=1S/C12H17N3S/c13-12(16)11-10(7-4-8-14-11)15-9-5-2-1-3-6-9/h4,7-9,15H,1-3,5-6H2,(H2,13,16). The van der Waals surface area contributed by atoms with Crippen molar-refractivity contribution >= 4 is 22.9 Å². The number of nitrogens with two attached hydrogens (primary N) is 1. The quantitative estimate of drug-likeness (QED) is 0.790. The summed E-state index contributed by atoms with van der Waals surface area (Å²) in [7, 11) is 0. The van der Waals surface area contributed by atoms with Gasteiger partial charge in [0.1, 0.15) is 10.7 Å². The molecule has 0 aliphatic heterocycles. The molecule has 0 aromatic carbocycles. The van der Waals surface area contributed by atoms with Crippen molar-refractivity contribution < 1.29 is 0 Å². The van der Waals surface area contributed by atoms with Crippen molar-refractivity contribution in [3.05, 3.63) is 24.0 Å². The molecule has 1 fully saturated rings. The van der Waals surface area contributed by atoms with Crippen molar-refractivity contribution in [1.82, 2.24) is 4.98 Å². The first kappa shape index (κ1) is 11.3. The maximum absolute atomic E-state index is 5.65. The van der Waals surface area contributed by atoms with Crippen LogP contribution in [0.15, 0.2) is 18.3 Å². The van der Waals surface area contributed by atoms with Crippen molar-refractivity contribution in [3.8, 4) is 0 Å². The Morgan fingerprint density at radius 2 is 2.12 bits per heavy atom. The van der Waals surface area contributed by atoms with E-state index in [1.807, 2.05) is 12.1 Å². The van der Waals surface area contributed by atoms with Gasteiger partial charge in [-0.15, -0.1) is 0 Å². The highest BCUT2D eigenvalue weighted by Gasteiger charge is 2.15. The lowest BCUT2D eigenvalue weighted by Gasteiger charge is -2.24. The topological polar surface area (TPSA) is 50.9 Å². The van der Waals surface area contributed by atoms with E-state index in [4.69, 9.17) is 18.0 Å². The van der Waals surface area contributed by atoms with Crippen molar-refractivity contribution in [2.24, 2.45) is 5.73 Å². The fourth-order valence-corrected chi connectivity index (χ4v) is 2.35. The number of nitrogens with one attached hydrogen (secondary N) is 1. The minimum Gasteiger partial charge on any atom is -0.388 e.